The Morgan fingerprint density at radius 2 is 2.50 bits per heavy atom. The zero-order chi connectivity index (χ0) is 8.55. The van der Waals surface area contributed by atoms with Crippen molar-refractivity contribution >= 4 is 17.4 Å². The number of hydrogen-bond acceptors (Lipinski definition) is 4. The summed E-state index contributed by atoms with van der Waals surface area (Å²) in [5.74, 6) is 0.0486. The molecule has 1 aliphatic carbocycles. The molecule has 2 rings (SSSR count). The van der Waals surface area contributed by atoms with Gasteiger partial charge in [0.1, 0.15) is 4.88 Å². The first-order chi connectivity index (χ1) is 5.79. The summed E-state index contributed by atoms with van der Waals surface area (Å²) in [7, 11) is 1.83. The third-order valence-corrected chi connectivity index (χ3v) is 2.64. The van der Waals surface area contributed by atoms with Gasteiger partial charge in [0.15, 0.2) is 0 Å². The fraction of sp³-hybridized carbons (Fsp3) is 0.571. The lowest BCUT2D eigenvalue weighted by molar-refractivity contribution is 0.0789. The van der Waals surface area contributed by atoms with Gasteiger partial charge in [-0.1, -0.05) is 4.49 Å². The van der Waals surface area contributed by atoms with E-state index in [1.807, 2.05) is 7.05 Å². The lowest BCUT2D eigenvalue weighted by Crippen LogP contribution is -2.27. The van der Waals surface area contributed by atoms with E-state index in [0.717, 1.165) is 24.4 Å². The second kappa shape index (κ2) is 2.82. The molecule has 1 aromatic rings. The monoisotopic (exact) mass is 183 g/mol. The molecule has 1 aliphatic rings. The molecule has 0 saturated heterocycles. The highest BCUT2D eigenvalue weighted by Gasteiger charge is 2.30. The molecule has 4 nitrogen and oxygen atoms in total. The predicted molar refractivity (Wildman–Crippen MR) is 45.0 cm³/mol. The summed E-state index contributed by atoms with van der Waals surface area (Å²) in [6.45, 7) is 0. The van der Waals surface area contributed by atoms with Crippen LogP contribution in [0.4, 0.5) is 0 Å². The standard InChI is InChI=1S/C7H9N3OS/c1-10(5-2-3-5)7(11)6-4-8-9-12-6/h4-5H,2-3H2,1H3. The second-order valence-electron chi connectivity index (χ2n) is 2.93. The Bertz CT molecular complexity index is 281. The van der Waals surface area contributed by atoms with E-state index in [0.29, 0.717) is 10.9 Å². The number of carbonyl (C=O) groups is 1. The van der Waals surface area contributed by atoms with E-state index in [4.69, 9.17) is 0 Å². The van der Waals surface area contributed by atoms with Crippen molar-refractivity contribution in [2.45, 2.75) is 18.9 Å². The Kier molecular flexibility index (Phi) is 1.80. The van der Waals surface area contributed by atoms with Gasteiger partial charge in [-0.15, -0.1) is 5.10 Å². The van der Waals surface area contributed by atoms with Gasteiger partial charge in [0.25, 0.3) is 5.91 Å². The van der Waals surface area contributed by atoms with E-state index in [1.54, 1.807) is 4.90 Å². The third-order valence-electron chi connectivity index (χ3n) is 1.99. The molecule has 0 spiro atoms. The van der Waals surface area contributed by atoms with Crippen LogP contribution in [0.5, 0.6) is 0 Å². The predicted octanol–water partition coefficient (Wildman–Crippen LogP) is 0.772. The lowest BCUT2D eigenvalue weighted by atomic mass is 10.4. The zero-order valence-electron chi connectivity index (χ0n) is 6.73. The van der Waals surface area contributed by atoms with Crippen molar-refractivity contribution in [3.05, 3.63) is 11.1 Å². The molecule has 0 N–H and O–H groups in total. The van der Waals surface area contributed by atoms with Crippen LogP contribution in [0, 0.1) is 0 Å². The number of hydrogen-bond donors (Lipinski definition) is 0. The lowest BCUT2D eigenvalue weighted by Gasteiger charge is -2.13. The van der Waals surface area contributed by atoms with Crippen LogP contribution in [-0.4, -0.2) is 33.5 Å². The summed E-state index contributed by atoms with van der Waals surface area (Å²) >= 11 is 1.15. The number of aromatic nitrogens is 2. The minimum Gasteiger partial charge on any atom is -0.338 e. The summed E-state index contributed by atoms with van der Waals surface area (Å²) in [6.07, 6.45) is 3.79. The van der Waals surface area contributed by atoms with Crippen LogP contribution in [0.2, 0.25) is 0 Å². The molecular weight excluding hydrogens is 174 g/mol. The topological polar surface area (TPSA) is 46.1 Å². The minimum absolute atomic E-state index is 0.0486. The van der Waals surface area contributed by atoms with E-state index in [2.05, 4.69) is 9.59 Å². The van der Waals surface area contributed by atoms with Gasteiger partial charge in [0.2, 0.25) is 0 Å². The van der Waals surface area contributed by atoms with Crippen LogP contribution >= 0.6 is 11.5 Å². The maximum Gasteiger partial charge on any atom is 0.267 e. The van der Waals surface area contributed by atoms with Crippen LogP contribution in [0.15, 0.2) is 6.20 Å². The van der Waals surface area contributed by atoms with Gasteiger partial charge in [-0.05, 0) is 24.4 Å². The Labute approximate surface area is 74.4 Å². The molecule has 5 heteroatoms. The maximum atomic E-state index is 11.5. The first-order valence-corrected chi connectivity index (χ1v) is 4.61. The first kappa shape index (κ1) is 7.67. The Hall–Kier alpha value is -0.970. The van der Waals surface area contributed by atoms with Crippen molar-refractivity contribution in [1.29, 1.82) is 0 Å². The third kappa shape index (κ3) is 1.32. The van der Waals surface area contributed by atoms with Crippen LogP contribution in [0.3, 0.4) is 0 Å². The summed E-state index contributed by atoms with van der Waals surface area (Å²) in [6, 6.07) is 0.458. The van der Waals surface area contributed by atoms with Crippen molar-refractivity contribution < 1.29 is 4.79 Å². The van der Waals surface area contributed by atoms with Gasteiger partial charge in [0.05, 0.1) is 6.20 Å². The highest BCUT2D eigenvalue weighted by molar-refractivity contribution is 7.07. The summed E-state index contributed by atoms with van der Waals surface area (Å²) < 4.78 is 3.65. The first-order valence-electron chi connectivity index (χ1n) is 3.83. The van der Waals surface area contributed by atoms with Crippen molar-refractivity contribution in [2.24, 2.45) is 0 Å². The Morgan fingerprint density at radius 1 is 1.75 bits per heavy atom. The normalized spacial score (nSPS) is 16.1. The fourth-order valence-corrected chi connectivity index (χ4v) is 1.56. The molecular formula is C7H9N3OS. The van der Waals surface area contributed by atoms with Crippen molar-refractivity contribution in [1.82, 2.24) is 14.5 Å². The quantitative estimate of drug-likeness (QED) is 0.680. The van der Waals surface area contributed by atoms with Gasteiger partial charge in [-0.3, -0.25) is 4.79 Å². The molecule has 1 heterocycles. The smallest absolute Gasteiger partial charge is 0.267 e. The molecule has 12 heavy (non-hydrogen) atoms. The SMILES string of the molecule is CN(C(=O)c1cnns1)C1CC1. The number of rotatable bonds is 2. The van der Waals surface area contributed by atoms with Gasteiger partial charge in [-0.25, -0.2) is 0 Å². The van der Waals surface area contributed by atoms with Crippen LogP contribution in [0.1, 0.15) is 22.5 Å². The molecule has 1 fully saturated rings. The van der Waals surface area contributed by atoms with Crippen molar-refractivity contribution in [2.75, 3.05) is 7.05 Å². The largest absolute Gasteiger partial charge is 0.338 e. The number of nitrogens with zero attached hydrogens (tertiary/aromatic N) is 3. The molecule has 0 radical (unpaired) electrons. The molecule has 0 atom stereocenters. The molecule has 0 aromatic carbocycles. The summed E-state index contributed by atoms with van der Waals surface area (Å²) in [4.78, 5) is 13.9. The van der Waals surface area contributed by atoms with E-state index < -0.39 is 0 Å². The van der Waals surface area contributed by atoms with Crippen molar-refractivity contribution in [3.8, 4) is 0 Å². The van der Waals surface area contributed by atoms with Gasteiger partial charge >= 0.3 is 0 Å². The summed E-state index contributed by atoms with van der Waals surface area (Å²) in [5, 5.41) is 3.63. The van der Waals surface area contributed by atoms with Crippen LogP contribution in [-0.2, 0) is 0 Å². The number of amides is 1. The molecule has 0 bridgehead atoms. The Balaban J connectivity index is 2.09. The maximum absolute atomic E-state index is 11.5. The molecule has 0 aliphatic heterocycles. The minimum atomic E-state index is 0.0486. The summed E-state index contributed by atoms with van der Waals surface area (Å²) in [5.41, 5.74) is 0. The van der Waals surface area contributed by atoms with E-state index in [9.17, 15) is 4.79 Å². The zero-order valence-corrected chi connectivity index (χ0v) is 7.54. The van der Waals surface area contributed by atoms with Crippen molar-refractivity contribution in [3.63, 3.8) is 0 Å². The molecule has 1 amide bonds. The highest BCUT2D eigenvalue weighted by Crippen LogP contribution is 2.26. The van der Waals surface area contributed by atoms with Gasteiger partial charge < -0.3 is 4.90 Å². The highest BCUT2D eigenvalue weighted by atomic mass is 32.1. The van der Waals surface area contributed by atoms with Gasteiger partial charge in [-0.2, -0.15) is 0 Å². The molecule has 64 valence electrons. The molecule has 1 aromatic heterocycles. The van der Waals surface area contributed by atoms with E-state index in [-0.39, 0.29) is 5.91 Å². The Morgan fingerprint density at radius 3 is 3.00 bits per heavy atom. The van der Waals surface area contributed by atoms with E-state index in [1.165, 1.54) is 6.20 Å². The second-order valence-corrected chi connectivity index (χ2v) is 3.71. The number of carbonyl (C=O) groups excluding carboxylic acids is 1. The average Bonchev–Trinajstić information content (AvgIpc) is 2.79. The van der Waals surface area contributed by atoms with Gasteiger partial charge in [0, 0.05) is 13.1 Å². The van der Waals surface area contributed by atoms with E-state index >= 15 is 0 Å². The van der Waals surface area contributed by atoms with Crippen LogP contribution < -0.4 is 0 Å². The molecule has 1 saturated carbocycles. The van der Waals surface area contributed by atoms with Crippen LogP contribution in [0.25, 0.3) is 0 Å². The average molecular weight is 183 g/mol. The fourth-order valence-electron chi connectivity index (χ4n) is 1.06. The molecule has 0 unspecified atom stereocenters.